The lowest BCUT2D eigenvalue weighted by Gasteiger charge is -2.09. The van der Waals surface area contributed by atoms with E-state index in [4.69, 9.17) is 5.73 Å². The van der Waals surface area contributed by atoms with Crippen molar-refractivity contribution >= 4 is 27.4 Å². The van der Waals surface area contributed by atoms with E-state index in [1.54, 1.807) is 13.8 Å². The molecule has 8 nitrogen and oxygen atoms in total. The number of carbonyl (C=O) groups is 1. The van der Waals surface area contributed by atoms with E-state index in [1.165, 1.54) is 24.3 Å². The van der Waals surface area contributed by atoms with Gasteiger partial charge in [0.1, 0.15) is 4.90 Å². The maximum absolute atomic E-state index is 12.3. The van der Waals surface area contributed by atoms with E-state index >= 15 is 0 Å². The van der Waals surface area contributed by atoms with E-state index < -0.39 is 16.1 Å². The summed E-state index contributed by atoms with van der Waals surface area (Å²) in [4.78, 5) is 10.8. The second-order valence-electron chi connectivity index (χ2n) is 4.44. The second kappa shape index (κ2) is 5.44. The molecule has 1 aromatic heterocycles. The van der Waals surface area contributed by atoms with E-state index in [0.29, 0.717) is 22.8 Å². The summed E-state index contributed by atoms with van der Waals surface area (Å²) in [5.74, 6) is 0. The van der Waals surface area contributed by atoms with Gasteiger partial charge in [-0.2, -0.15) is 5.10 Å². The van der Waals surface area contributed by atoms with Gasteiger partial charge < -0.3 is 11.1 Å². The molecule has 21 heavy (non-hydrogen) atoms. The first-order valence-electron chi connectivity index (χ1n) is 6.00. The van der Waals surface area contributed by atoms with Gasteiger partial charge in [0.25, 0.3) is 10.0 Å². The molecule has 5 N–H and O–H groups in total. The van der Waals surface area contributed by atoms with Crippen molar-refractivity contribution < 1.29 is 13.2 Å². The first-order chi connectivity index (χ1) is 9.79. The summed E-state index contributed by atoms with van der Waals surface area (Å²) in [6, 6.07) is 5.43. The summed E-state index contributed by atoms with van der Waals surface area (Å²) in [6.07, 6.45) is 0. The highest BCUT2D eigenvalue weighted by atomic mass is 32.2. The smallest absolute Gasteiger partial charge is 0.316 e. The molecule has 2 aromatic rings. The van der Waals surface area contributed by atoms with Crippen LogP contribution in [-0.4, -0.2) is 24.6 Å². The van der Waals surface area contributed by atoms with Gasteiger partial charge in [-0.3, -0.25) is 9.82 Å². The van der Waals surface area contributed by atoms with E-state index in [-0.39, 0.29) is 4.90 Å². The summed E-state index contributed by atoms with van der Waals surface area (Å²) >= 11 is 0. The maximum atomic E-state index is 12.3. The largest absolute Gasteiger partial charge is 0.351 e. The lowest BCUT2D eigenvalue weighted by atomic mass is 10.3. The lowest BCUT2D eigenvalue weighted by molar-refractivity contribution is 0.259. The zero-order chi connectivity index (χ0) is 15.6. The summed E-state index contributed by atoms with van der Waals surface area (Å²) in [5, 5.41) is 8.88. The monoisotopic (exact) mass is 309 g/mol. The second-order valence-corrected chi connectivity index (χ2v) is 6.05. The number of amides is 2. The summed E-state index contributed by atoms with van der Waals surface area (Å²) < 4.78 is 27.1. The van der Waals surface area contributed by atoms with Crippen LogP contribution in [0.25, 0.3) is 0 Å². The molecule has 0 fully saturated rings. The van der Waals surface area contributed by atoms with Gasteiger partial charge in [-0.15, -0.1) is 0 Å². The fraction of sp³-hybridized carbons (Fsp3) is 0.167. The minimum atomic E-state index is -3.72. The van der Waals surface area contributed by atoms with Crippen molar-refractivity contribution in [3.63, 3.8) is 0 Å². The van der Waals surface area contributed by atoms with Crippen molar-refractivity contribution in [3.05, 3.63) is 35.7 Å². The van der Waals surface area contributed by atoms with Gasteiger partial charge in [0.15, 0.2) is 0 Å². The molecule has 0 aliphatic carbocycles. The zero-order valence-corrected chi connectivity index (χ0v) is 12.3. The van der Waals surface area contributed by atoms with Crippen molar-refractivity contribution in [2.24, 2.45) is 5.73 Å². The van der Waals surface area contributed by atoms with Crippen LogP contribution >= 0.6 is 0 Å². The number of H-pyrrole nitrogens is 1. The molecule has 9 heteroatoms. The molecule has 1 heterocycles. The third kappa shape index (κ3) is 3.31. The Kier molecular flexibility index (Phi) is 3.85. The fourth-order valence-electron chi connectivity index (χ4n) is 1.91. The number of anilines is 2. The standard InChI is InChI=1S/C12H15N5O3S/c1-7-11(8(2)16-15-7)21(19,20)17-10-5-3-9(4-6-10)14-12(13)18/h3-6,17H,1-2H3,(H,15,16)(H3,13,14,18). The molecule has 0 saturated heterocycles. The predicted molar refractivity (Wildman–Crippen MR) is 78.5 cm³/mol. The van der Waals surface area contributed by atoms with Crippen LogP contribution < -0.4 is 15.8 Å². The van der Waals surface area contributed by atoms with Crippen molar-refractivity contribution in [2.45, 2.75) is 18.7 Å². The Morgan fingerprint density at radius 3 is 2.24 bits per heavy atom. The van der Waals surface area contributed by atoms with E-state index in [0.717, 1.165) is 0 Å². The minimum absolute atomic E-state index is 0.127. The van der Waals surface area contributed by atoms with E-state index in [1.807, 2.05) is 0 Å². The number of aryl methyl sites for hydroxylation is 2. The van der Waals surface area contributed by atoms with Crippen LogP contribution in [0, 0.1) is 13.8 Å². The van der Waals surface area contributed by atoms with Gasteiger partial charge in [-0.1, -0.05) is 0 Å². The molecule has 0 aliphatic heterocycles. The van der Waals surface area contributed by atoms with Gasteiger partial charge in [0, 0.05) is 11.4 Å². The van der Waals surface area contributed by atoms with Crippen LogP contribution in [0.15, 0.2) is 29.2 Å². The Balaban J connectivity index is 2.23. The number of hydrogen-bond donors (Lipinski definition) is 4. The van der Waals surface area contributed by atoms with Crippen LogP contribution in [0.2, 0.25) is 0 Å². The topological polar surface area (TPSA) is 130 Å². The third-order valence-corrected chi connectivity index (χ3v) is 4.38. The molecule has 0 unspecified atom stereocenters. The molecule has 0 aliphatic rings. The molecule has 0 spiro atoms. The number of benzene rings is 1. The van der Waals surface area contributed by atoms with Gasteiger partial charge in [0.05, 0.1) is 11.4 Å². The fourth-order valence-corrected chi connectivity index (χ4v) is 3.34. The Morgan fingerprint density at radius 2 is 1.76 bits per heavy atom. The molecule has 1 aromatic carbocycles. The summed E-state index contributed by atoms with van der Waals surface area (Å²) in [5.41, 5.74) is 6.69. The Morgan fingerprint density at radius 1 is 1.19 bits per heavy atom. The van der Waals surface area contributed by atoms with Crippen molar-refractivity contribution in [2.75, 3.05) is 10.0 Å². The van der Waals surface area contributed by atoms with E-state index in [2.05, 4.69) is 20.2 Å². The minimum Gasteiger partial charge on any atom is -0.351 e. The molecule has 0 saturated carbocycles. The number of aromatic amines is 1. The van der Waals surface area contributed by atoms with E-state index in [9.17, 15) is 13.2 Å². The van der Waals surface area contributed by atoms with Crippen LogP contribution in [0.4, 0.5) is 16.2 Å². The number of urea groups is 1. The molecule has 0 radical (unpaired) electrons. The number of carbonyl (C=O) groups excluding carboxylic acids is 1. The number of nitrogens with zero attached hydrogens (tertiary/aromatic N) is 1. The molecule has 0 atom stereocenters. The lowest BCUT2D eigenvalue weighted by Crippen LogP contribution is -2.19. The van der Waals surface area contributed by atoms with Crippen molar-refractivity contribution in [3.8, 4) is 0 Å². The van der Waals surface area contributed by atoms with Crippen LogP contribution in [0.3, 0.4) is 0 Å². The number of nitrogens with two attached hydrogens (primary N) is 1. The molecule has 112 valence electrons. The average molecular weight is 309 g/mol. The molecular weight excluding hydrogens is 294 g/mol. The number of hydrogen-bond acceptors (Lipinski definition) is 4. The quantitative estimate of drug-likeness (QED) is 0.678. The summed E-state index contributed by atoms with van der Waals surface area (Å²) in [7, 11) is -3.72. The number of primary amides is 1. The first-order valence-corrected chi connectivity index (χ1v) is 7.49. The van der Waals surface area contributed by atoms with Gasteiger partial charge in [-0.05, 0) is 38.1 Å². The highest BCUT2D eigenvalue weighted by Crippen LogP contribution is 2.21. The third-order valence-electron chi connectivity index (χ3n) is 2.73. The van der Waals surface area contributed by atoms with Crippen LogP contribution in [0.5, 0.6) is 0 Å². The first kappa shape index (κ1) is 14.9. The summed E-state index contributed by atoms with van der Waals surface area (Å²) in [6.45, 7) is 3.24. The highest BCUT2D eigenvalue weighted by molar-refractivity contribution is 7.92. The van der Waals surface area contributed by atoms with Gasteiger partial charge in [0.2, 0.25) is 0 Å². The normalized spacial score (nSPS) is 11.1. The Labute approximate surface area is 121 Å². The predicted octanol–water partition coefficient (Wildman–Crippen LogP) is 1.32. The zero-order valence-electron chi connectivity index (χ0n) is 11.5. The Bertz CT molecular complexity index is 745. The Hall–Kier alpha value is -2.55. The number of rotatable bonds is 4. The molecule has 2 amide bonds. The number of aromatic nitrogens is 2. The van der Waals surface area contributed by atoms with Crippen molar-refractivity contribution in [1.29, 1.82) is 0 Å². The molecule has 0 bridgehead atoms. The van der Waals surface area contributed by atoms with Crippen molar-refractivity contribution in [1.82, 2.24) is 10.2 Å². The molecule has 2 rings (SSSR count). The number of nitrogens with one attached hydrogen (secondary N) is 3. The molecular formula is C12H15N5O3S. The van der Waals surface area contributed by atoms with Gasteiger partial charge >= 0.3 is 6.03 Å². The maximum Gasteiger partial charge on any atom is 0.316 e. The van der Waals surface area contributed by atoms with Crippen LogP contribution in [0.1, 0.15) is 11.4 Å². The van der Waals surface area contributed by atoms with Gasteiger partial charge in [-0.25, -0.2) is 13.2 Å². The number of sulfonamides is 1. The SMILES string of the molecule is Cc1n[nH]c(C)c1S(=O)(=O)Nc1ccc(NC(N)=O)cc1. The highest BCUT2D eigenvalue weighted by Gasteiger charge is 2.22. The van der Waals surface area contributed by atoms with Crippen LogP contribution in [-0.2, 0) is 10.0 Å². The average Bonchev–Trinajstić information content (AvgIpc) is 2.71.